The van der Waals surface area contributed by atoms with Crippen LogP contribution in [0.15, 0.2) is 35.3 Å². The molecule has 1 aliphatic carbocycles. The van der Waals surface area contributed by atoms with Gasteiger partial charge in [0.05, 0.1) is 25.7 Å². The molecule has 1 saturated heterocycles. The Balaban J connectivity index is 0.00000280. The summed E-state index contributed by atoms with van der Waals surface area (Å²) >= 11 is 0. The summed E-state index contributed by atoms with van der Waals surface area (Å²) in [5, 5.41) is 3.37. The van der Waals surface area contributed by atoms with Crippen molar-refractivity contribution >= 4 is 35.8 Å². The molecule has 2 fully saturated rings. The second kappa shape index (κ2) is 12.3. The number of hydrogen-bond donors (Lipinski definition) is 2. The smallest absolute Gasteiger partial charge is 0.232 e. The minimum Gasteiger partial charge on any atom is -0.378 e. The molecule has 2 aliphatic rings. The van der Waals surface area contributed by atoms with E-state index < -0.39 is 0 Å². The van der Waals surface area contributed by atoms with Gasteiger partial charge in [-0.1, -0.05) is 56.0 Å². The third kappa shape index (κ3) is 6.92. The van der Waals surface area contributed by atoms with Crippen LogP contribution in [-0.4, -0.2) is 55.7 Å². The lowest BCUT2D eigenvalue weighted by Crippen LogP contribution is -2.44. The molecule has 3 N–H and O–H groups in total. The number of nitrogens with one attached hydrogen (secondary N) is 1. The van der Waals surface area contributed by atoms with Gasteiger partial charge in [0.15, 0.2) is 5.96 Å². The average Bonchev–Trinajstić information content (AvgIpc) is 2.98. The van der Waals surface area contributed by atoms with Gasteiger partial charge in [-0.05, 0) is 18.4 Å². The maximum atomic E-state index is 13.1. The van der Waals surface area contributed by atoms with Gasteiger partial charge in [0.25, 0.3) is 0 Å². The Morgan fingerprint density at radius 1 is 1.14 bits per heavy atom. The quantitative estimate of drug-likeness (QED) is 0.282. The maximum Gasteiger partial charge on any atom is 0.232 e. The number of halogens is 1. The fourth-order valence-electron chi connectivity index (χ4n) is 3.88. The van der Waals surface area contributed by atoms with E-state index >= 15 is 0 Å². The summed E-state index contributed by atoms with van der Waals surface area (Å²) in [5.74, 6) is 0.256. The second-order valence-electron chi connectivity index (χ2n) is 7.46. The van der Waals surface area contributed by atoms with Crippen molar-refractivity contribution in [3.05, 3.63) is 35.9 Å². The van der Waals surface area contributed by atoms with Crippen molar-refractivity contribution in [2.45, 2.75) is 50.5 Å². The van der Waals surface area contributed by atoms with Crippen molar-refractivity contribution < 1.29 is 9.53 Å². The maximum absolute atomic E-state index is 13.1. The Morgan fingerprint density at radius 3 is 2.43 bits per heavy atom. The van der Waals surface area contributed by atoms with E-state index in [1.54, 1.807) is 0 Å². The van der Waals surface area contributed by atoms with Crippen molar-refractivity contribution in [1.29, 1.82) is 0 Å². The van der Waals surface area contributed by atoms with E-state index in [4.69, 9.17) is 10.5 Å². The molecule has 1 unspecified atom stereocenters. The zero-order valence-corrected chi connectivity index (χ0v) is 18.8. The highest BCUT2D eigenvalue weighted by atomic mass is 127. The lowest BCUT2D eigenvalue weighted by molar-refractivity contribution is -0.136. The Kier molecular flexibility index (Phi) is 10.0. The van der Waals surface area contributed by atoms with Crippen LogP contribution in [0.4, 0.5) is 0 Å². The number of hydrogen-bond acceptors (Lipinski definition) is 3. The van der Waals surface area contributed by atoms with E-state index in [0.717, 1.165) is 18.4 Å². The SMILES string of the molecule is I.NC(=NCC(C(=O)N1CCOCC1)c1ccccc1)NC1CCCCCC1. The normalized spacial score (nSPS) is 20.0. The topological polar surface area (TPSA) is 80.0 Å². The summed E-state index contributed by atoms with van der Waals surface area (Å²) in [6.07, 6.45) is 7.38. The average molecular weight is 500 g/mol. The second-order valence-corrected chi connectivity index (χ2v) is 7.46. The molecule has 3 rings (SSSR count). The first-order valence-corrected chi connectivity index (χ1v) is 10.2. The molecule has 0 aromatic heterocycles. The summed E-state index contributed by atoms with van der Waals surface area (Å²) in [6.45, 7) is 2.85. The summed E-state index contributed by atoms with van der Waals surface area (Å²) in [6, 6.07) is 10.3. The molecular weight excluding hydrogens is 467 g/mol. The van der Waals surface area contributed by atoms with E-state index in [9.17, 15) is 4.79 Å². The first-order valence-electron chi connectivity index (χ1n) is 10.2. The fraction of sp³-hybridized carbons (Fsp3) is 0.619. The molecule has 1 aromatic carbocycles. The van der Waals surface area contributed by atoms with Crippen LogP contribution in [0.1, 0.15) is 50.0 Å². The molecule has 0 bridgehead atoms. The molecule has 156 valence electrons. The molecule has 1 aromatic rings. The Labute approximate surface area is 185 Å². The van der Waals surface area contributed by atoms with Crippen LogP contribution in [0.2, 0.25) is 0 Å². The molecule has 0 radical (unpaired) electrons. The zero-order valence-electron chi connectivity index (χ0n) is 16.5. The number of carbonyl (C=O) groups excluding carboxylic acids is 1. The number of nitrogens with zero attached hydrogens (tertiary/aromatic N) is 2. The van der Waals surface area contributed by atoms with Gasteiger partial charge in [-0.3, -0.25) is 9.79 Å². The van der Waals surface area contributed by atoms with Crippen molar-refractivity contribution in [1.82, 2.24) is 10.2 Å². The van der Waals surface area contributed by atoms with Crippen molar-refractivity contribution in [3.8, 4) is 0 Å². The highest BCUT2D eigenvalue weighted by molar-refractivity contribution is 14.0. The lowest BCUT2D eigenvalue weighted by atomic mass is 9.97. The Morgan fingerprint density at radius 2 is 1.79 bits per heavy atom. The molecule has 1 amide bonds. The number of carbonyl (C=O) groups is 1. The molecule has 1 saturated carbocycles. The number of nitrogens with two attached hydrogens (primary N) is 1. The summed E-state index contributed by atoms with van der Waals surface area (Å²) in [7, 11) is 0. The predicted molar refractivity (Wildman–Crippen MR) is 123 cm³/mol. The number of rotatable bonds is 5. The van der Waals surface area contributed by atoms with Crippen LogP contribution < -0.4 is 11.1 Å². The van der Waals surface area contributed by atoms with E-state index in [-0.39, 0.29) is 35.8 Å². The third-order valence-corrected chi connectivity index (χ3v) is 5.47. The standard InChI is InChI=1S/C21H32N4O2.HI/c22-21(24-18-10-6-1-2-7-11-18)23-16-19(17-8-4-3-5-9-17)20(26)25-12-14-27-15-13-25;/h3-5,8-9,18-19H,1-2,6-7,10-16H2,(H3,22,23,24);1H. The molecular formula is C21H33IN4O2. The van der Waals surface area contributed by atoms with Crippen LogP contribution in [-0.2, 0) is 9.53 Å². The molecule has 28 heavy (non-hydrogen) atoms. The van der Waals surface area contributed by atoms with Gasteiger partial charge in [-0.15, -0.1) is 24.0 Å². The van der Waals surface area contributed by atoms with Crippen molar-refractivity contribution in [3.63, 3.8) is 0 Å². The molecule has 6 nitrogen and oxygen atoms in total. The number of benzene rings is 1. The van der Waals surface area contributed by atoms with Gasteiger partial charge in [0, 0.05) is 19.1 Å². The number of amides is 1. The van der Waals surface area contributed by atoms with Gasteiger partial charge in [-0.2, -0.15) is 0 Å². The van der Waals surface area contributed by atoms with Crippen molar-refractivity contribution in [2.24, 2.45) is 10.7 Å². The first kappa shape index (κ1) is 22.9. The number of aliphatic imine (C=N–C) groups is 1. The van der Waals surface area contributed by atoms with Crippen LogP contribution in [0.5, 0.6) is 0 Å². The molecule has 1 heterocycles. The number of morpholine rings is 1. The van der Waals surface area contributed by atoms with Gasteiger partial charge < -0.3 is 20.7 Å². The molecule has 1 atom stereocenters. The van der Waals surface area contributed by atoms with Crippen LogP contribution >= 0.6 is 24.0 Å². The van der Waals surface area contributed by atoms with Crippen LogP contribution in [0.3, 0.4) is 0 Å². The molecule has 1 aliphatic heterocycles. The lowest BCUT2D eigenvalue weighted by Gasteiger charge is -2.30. The molecule has 0 spiro atoms. The first-order chi connectivity index (χ1) is 13.2. The largest absolute Gasteiger partial charge is 0.378 e. The number of guanidine groups is 1. The highest BCUT2D eigenvalue weighted by Gasteiger charge is 2.27. The Bertz CT molecular complexity index is 612. The summed E-state index contributed by atoms with van der Waals surface area (Å²) in [5.41, 5.74) is 7.14. The van der Waals surface area contributed by atoms with Gasteiger partial charge in [-0.25, -0.2) is 0 Å². The van der Waals surface area contributed by atoms with Gasteiger partial charge in [0.2, 0.25) is 5.91 Å². The van der Waals surface area contributed by atoms with E-state index in [1.165, 1.54) is 25.7 Å². The zero-order chi connectivity index (χ0) is 18.9. The van der Waals surface area contributed by atoms with Crippen molar-refractivity contribution in [2.75, 3.05) is 32.8 Å². The van der Waals surface area contributed by atoms with Crippen LogP contribution in [0.25, 0.3) is 0 Å². The van der Waals surface area contributed by atoms with Gasteiger partial charge in [0.1, 0.15) is 0 Å². The van der Waals surface area contributed by atoms with E-state index in [1.807, 2.05) is 35.2 Å². The monoisotopic (exact) mass is 500 g/mol. The highest BCUT2D eigenvalue weighted by Crippen LogP contribution is 2.20. The minimum atomic E-state index is -0.307. The third-order valence-electron chi connectivity index (χ3n) is 5.47. The summed E-state index contributed by atoms with van der Waals surface area (Å²) < 4.78 is 5.38. The van der Waals surface area contributed by atoms with Gasteiger partial charge >= 0.3 is 0 Å². The fourth-order valence-corrected chi connectivity index (χ4v) is 3.88. The van der Waals surface area contributed by atoms with Crippen LogP contribution in [0, 0.1) is 0 Å². The van der Waals surface area contributed by atoms with E-state index in [0.29, 0.717) is 44.8 Å². The molecule has 7 heteroatoms. The minimum absolute atomic E-state index is 0. The predicted octanol–water partition coefficient (Wildman–Crippen LogP) is 2.87. The number of ether oxygens (including phenoxy) is 1. The Hall–Kier alpha value is -1.35. The van der Waals surface area contributed by atoms with E-state index in [2.05, 4.69) is 10.3 Å². The summed E-state index contributed by atoms with van der Waals surface area (Å²) in [4.78, 5) is 19.5.